The topological polar surface area (TPSA) is 41.0 Å². The molecule has 2 saturated heterocycles. The molecular weight excluding hydrogens is 305 g/mol. The Hall–Kier alpha value is -1.08. The van der Waals surface area contributed by atoms with E-state index in [1.807, 2.05) is 0 Å². The van der Waals surface area contributed by atoms with E-state index in [2.05, 4.69) is 20.4 Å². The van der Waals surface area contributed by atoms with Crippen molar-refractivity contribution in [1.82, 2.24) is 15.5 Å². The van der Waals surface area contributed by atoms with Crippen LogP contribution in [-0.2, 0) is 6.18 Å². The summed E-state index contributed by atoms with van der Waals surface area (Å²) in [5.41, 5.74) is -0.632. The van der Waals surface area contributed by atoms with Gasteiger partial charge in [-0.25, -0.2) is 0 Å². The number of halogens is 4. The molecule has 0 saturated carbocycles. The molecule has 0 unspecified atom stereocenters. The van der Waals surface area contributed by atoms with Gasteiger partial charge in [0.2, 0.25) is 0 Å². The molecule has 0 aliphatic carbocycles. The van der Waals surface area contributed by atoms with Crippen LogP contribution in [0.15, 0.2) is 12.1 Å². The number of rotatable bonds is 1. The number of piperidine rings is 1. The van der Waals surface area contributed by atoms with Crippen molar-refractivity contribution in [2.75, 3.05) is 31.1 Å². The minimum absolute atomic E-state index is 0. The molecule has 8 heteroatoms. The van der Waals surface area contributed by atoms with Crippen LogP contribution in [0.5, 0.6) is 0 Å². The fourth-order valence-corrected chi connectivity index (χ4v) is 3.14. The second-order valence-corrected chi connectivity index (χ2v) is 5.70. The van der Waals surface area contributed by atoms with Gasteiger partial charge < -0.3 is 10.2 Å². The largest absolute Gasteiger partial charge is 0.435 e. The molecule has 0 aromatic carbocycles. The van der Waals surface area contributed by atoms with Crippen molar-refractivity contribution in [2.45, 2.75) is 25.4 Å². The lowest BCUT2D eigenvalue weighted by Crippen LogP contribution is -2.38. The Kier molecular flexibility index (Phi) is 4.63. The normalized spacial score (nSPS) is 21.4. The molecule has 2 aliphatic heterocycles. The Morgan fingerprint density at radius 3 is 2.38 bits per heavy atom. The molecule has 21 heavy (non-hydrogen) atoms. The lowest BCUT2D eigenvalue weighted by Gasteiger charge is -2.33. The Balaban J connectivity index is 0.00000161. The van der Waals surface area contributed by atoms with Crippen LogP contribution < -0.4 is 10.2 Å². The summed E-state index contributed by atoms with van der Waals surface area (Å²) in [5, 5.41) is 10.4. The van der Waals surface area contributed by atoms with Gasteiger partial charge in [-0.15, -0.1) is 22.6 Å². The zero-order chi connectivity index (χ0) is 14.2. The summed E-state index contributed by atoms with van der Waals surface area (Å²) in [4.78, 5) is 2.05. The SMILES string of the molecule is Cl.FC(F)(F)c1ccc(N2CCC3(CCNCC3)C2)nn1. The van der Waals surface area contributed by atoms with E-state index in [1.165, 1.54) is 6.07 Å². The molecule has 0 radical (unpaired) electrons. The highest BCUT2D eigenvalue weighted by molar-refractivity contribution is 5.85. The van der Waals surface area contributed by atoms with Crippen LogP contribution in [0.1, 0.15) is 25.0 Å². The summed E-state index contributed by atoms with van der Waals surface area (Å²) in [6.07, 6.45) is -1.10. The van der Waals surface area contributed by atoms with Gasteiger partial charge in [0, 0.05) is 13.1 Å². The van der Waals surface area contributed by atoms with Crippen molar-refractivity contribution >= 4 is 18.2 Å². The summed E-state index contributed by atoms with van der Waals surface area (Å²) in [6, 6.07) is 2.44. The first-order chi connectivity index (χ1) is 9.49. The van der Waals surface area contributed by atoms with Crippen molar-refractivity contribution in [3.05, 3.63) is 17.8 Å². The van der Waals surface area contributed by atoms with Crippen LogP contribution in [0.4, 0.5) is 19.0 Å². The number of alkyl halides is 3. The predicted octanol–water partition coefficient (Wildman–Crippen LogP) is 2.50. The van der Waals surface area contributed by atoms with Crippen molar-refractivity contribution in [3.8, 4) is 0 Å². The molecule has 1 spiro atoms. The molecule has 0 bridgehead atoms. The number of anilines is 1. The molecule has 1 aromatic rings. The first-order valence-electron chi connectivity index (χ1n) is 6.85. The van der Waals surface area contributed by atoms with Crippen molar-refractivity contribution < 1.29 is 13.2 Å². The van der Waals surface area contributed by atoms with E-state index in [0.29, 0.717) is 11.2 Å². The lowest BCUT2D eigenvalue weighted by molar-refractivity contribution is -0.141. The summed E-state index contributed by atoms with van der Waals surface area (Å²) in [5.74, 6) is 0.549. The van der Waals surface area contributed by atoms with Crippen LogP contribution in [0, 0.1) is 5.41 Å². The Labute approximate surface area is 127 Å². The third kappa shape index (κ3) is 3.40. The second-order valence-electron chi connectivity index (χ2n) is 5.70. The molecule has 3 heterocycles. The highest BCUT2D eigenvalue weighted by Gasteiger charge is 2.39. The monoisotopic (exact) mass is 322 g/mol. The first kappa shape index (κ1) is 16.3. The maximum absolute atomic E-state index is 12.5. The third-order valence-electron chi connectivity index (χ3n) is 4.37. The molecule has 0 amide bonds. The quantitative estimate of drug-likeness (QED) is 0.862. The fraction of sp³-hybridized carbons (Fsp3) is 0.692. The highest BCUT2D eigenvalue weighted by Crippen LogP contribution is 2.40. The van der Waals surface area contributed by atoms with E-state index in [-0.39, 0.29) is 12.4 Å². The smallest absolute Gasteiger partial charge is 0.355 e. The van der Waals surface area contributed by atoms with E-state index in [9.17, 15) is 13.2 Å². The summed E-state index contributed by atoms with van der Waals surface area (Å²) in [7, 11) is 0. The molecule has 2 fully saturated rings. The number of hydrogen-bond acceptors (Lipinski definition) is 4. The number of nitrogens with one attached hydrogen (secondary N) is 1. The zero-order valence-corrected chi connectivity index (χ0v) is 12.3. The summed E-state index contributed by atoms with van der Waals surface area (Å²) < 4.78 is 37.4. The Morgan fingerprint density at radius 2 is 1.81 bits per heavy atom. The van der Waals surface area contributed by atoms with Crippen LogP contribution in [0.3, 0.4) is 0 Å². The van der Waals surface area contributed by atoms with Crippen molar-refractivity contribution in [1.29, 1.82) is 0 Å². The average Bonchev–Trinajstić information content (AvgIpc) is 2.83. The molecule has 1 N–H and O–H groups in total. The minimum Gasteiger partial charge on any atom is -0.355 e. The van der Waals surface area contributed by atoms with Gasteiger partial charge in [0.05, 0.1) is 0 Å². The summed E-state index contributed by atoms with van der Waals surface area (Å²) in [6.45, 7) is 3.76. The van der Waals surface area contributed by atoms with Gasteiger partial charge in [0.15, 0.2) is 11.5 Å². The Morgan fingerprint density at radius 1 is 1.10 bits per heavy atom. The van der Waals surface area contributed by atoms with Crippen molar-refractivity contribution in [3.63, 3.8) is 0 Å². The van der Waals surface area contributed by atoms with E-state index >= 15 is 0 Å². The fourth-order valence-electron chi connectivity index (χ4n) is 3.14. The highest BCUT2D eigenvalue weighted by atomic mass is 35.5. The number of nitrogens with zero attached hydrogens (tertiary/aromatic N) is 3. The number of hydrogen-bond donors (Lipinski definition) is 1. The molecule has 1 aromatic heterocycles. The molecular formula is C13H18ClF3N4. The van der Waals surface area contributed by atoms with Gasteiger partial charge in [0.1, 0.15) is 0 Å². The van der Waals surface area contributed by atoms with Gasteiger partial charge in [0.25, 0.3) is 0 Å². The van der Waals surface area contributed by atoms with Crippen molar-refractivity contribution in [2.24, 2.45) is 5.41 Å². The van der Waals surface area contributed by atoms with Crippen LogP contribution in [0.25, 0.3) is 0 Å². The van der Waals surface area contributed by atoms with Crippen LogP contribution >= 0.6 is 12.4 Å². The van der Waals surface area contributed by atoms with Crippen LogP contribution in [0.2, 0.25) is 0 Å². The van der Waals surface area contributed by atoms with Gasteiger partial charge in [-0.3, -0.25) is 0 Å². The molecule has 4 nitrogen and oxygen atoms in total. The van der Waals surface area contributed by atoms with Crippen LogP contribution in [-0.4, -0.2) is 36.4 Å². The molecule has 3 rings (SSSR count). The minimum atomic E-state index is -4.42. The average molecular weight is 323 g/mol. The maximum atomic E-state index is 12.5. The second kappa shape index (κ2) is 5.96. The molecule has 118 valence electrons. The molecule has 0 atom stereocenters. The Bertz CT molecular complexity index is 471. The molecule has 2 aliphatic rings. The van der Waals surface area contributed by atoms with E-state index < -0.39 is 11.9 Å². The third-order valence-corrected chi connectivity index (χ3v) is 4.37. The van der Waals surface area contributed by atoms with Gasteiger partial charge in [-0.1, -0.05) is 0 Å². The first-order valence-corrected chi connectivity index (χ1v) is 6.85. The van der Waals surface area contributed by atoms with E-state index in [4.69, 9.17) is 0 Å². The standard InChI is InChI=1S/C13H17F3N4.ClH/c14-13(15,16)10-1-2-11(19-18-10)20-8-5-12(9-20)3-6-17-7-4-12;/h1-2,17H,3-9H2;1H. The van der Waals surface area contributed by atoms with Gasteiger partial charge in [-0.2, -0.15) is 13.2 Å². The maximum Gasteiger partial charge on any atom is 0.435 e. The predicted molar refractivity (Wildman–Crippen MR) is 75.6 cm³/mol. The zero-order valence-electron chi connectivity index (χ0n) is 11.5. The number of aromatic nitrogens is 2. The lowest BCUT2D eigenvalue weighted by atomic mass is 9.78. The summed E-state index contributed by atoms with van der Waals surface area (Å²) >= 11 is 0. The van der Waals surface area contributed by atoms with Gasteiger partial charge in [-0.05, 0) is 49.9 Å². The van der Waals surface area contributed by atoms with Gasteiger partial charge >= 0.3 is 6.18 Å². The van der Waals surface area contributed by atoms with E-state index in [1.54, 1.807) is 0 Å². The van der Waals surface area contributed by atoms with E-state index in [0.717, 1.165) is 51.5 Å².